The van der Waals surface area contributed by atoms with Crippen LogP contribution in [0.15, 0.2) is 33.9 Å². The first-order valence-electron chi connectivity index (χ1n) is 6.09. The summed E-state index contributed by atoms with van der Waals surface area (Å²) in [5, 5.41) is 6.33. The lowest BCUT2D eigenvalue weighted by molar-refractivity contribution is 0.627. The molecular formula is C14H13ClFNS2. The molecule has 2 heterocycles. The van der Waals surface area contributed by atoms with Crippen molar-refractivity contribution in [2.75, 3.05) is 5.32 Å². The monoisotopic (exact) mass is 313 g/mol. The number of rotatable bonds is 2. The van der Waals surface area contributed by atoms with Crippen molar-refractivity contribution in [1.82, 2.24) is 0 Å². The third kappa shape index (κ3) is 2.76. The predicted molar refractivity (Wildman–Crippen MR) is 82.0 cm³/mol. The lowest BCUT2D eigenvalue weighted by Gasteiger charge is -2.28. The lowest BCUT2D eigenvalue weighted by atomic mass is 10.0. The van der Waals surface area contributed by atoms with E-state index in [4.69, 9.17) is 11.6 Å². The van der Waals surface area contributed by atoms with Crippen molar-refractivity contribution in [3.05, 3.63) is 46.0 Å². The molecule has 5 heteroatoms. The van der Waals surface area contributed by atoms with Gasteiger partial charge in [-0.05, 0) is 41.6 Å². The van der Waals surface area contributed by atoms with Gasteiger partial charge in [-0.2, -0.15) is 0 Å². The zero-order valence-corrected chi connectivity index (χ0v) is 12.7. The van der Waals surface area contributed by atoms with Crippen LogP contribution >= 0.6 is 34.7 Å². The highest BCUT2D eigenvalue weighted by molar-refractivity contribution is 8.01. The first kappa shape index (κ1) is 13.3. The molecule has 100 valence electrons. The Morgan fingerprint density at radius 1 is 1.37 bits per heavy atom. The fraction of sp³-hybridized carbons (Fsp3) is 0.286. The Labute approximate surface area is 125 Å². The molecule has 1 aliphatic rings. The van der Waals surface area contributed by atoms with Crippen molar-refractivity contribution in [3.8, 4) is 0 Å². The smallest absolute Gasteiger partial charge is 0.141 e. The number of nitrogens with one attached hydrogen (secondary N) is 1. The fourth-order valence-electron chi connectivity index (χ4n) is 2.27. The van der Waals surface area contributed by atoms with Crippen LogP contribution in [-0.4, -0.2) is 5.25 Å². The number of thioether (sulfide) groups is 1. The minimum atomic E-state index is -0.379. The summed E-state index contributed by atoms with van der Waals surface area (Å²) in [5.74, 6) is -0.379. The van der Waals surface area contributed by atoms with E-state index in [1.54, 1.807) is 23.5 Å². The highest BCUT2D eigenvalue weighted by Crippen LogP contribution is 2.45. The summed E-state index contributed by atoms with van der Waals surface area (Å²) in [4.78, 5) is 0. The van der Waals surface area contributed by atoms with Crippen LogP contribution in [0.5, 0.6) is 0 Å². The van der Waals surface area contributed by atoms with E-state index in [9.17, 15) is 4.39 Å². The molecule has 2 aromatic rings. The molecule has 1 aliphatic heterocycles. The molecule has 2 atom stereocenters. The van der Waals surface area contributed by atoms with Gasteiger partial charge >= 0.3 is 0 Å². The summed E-state index contributed by atoms with van der Waals surface area (Å²) in [6.45, 7) is 2.24. The molecule has 0 radical (unpaired) electrons. The van der Waals surface area contributed by atoms with Crippen LogP contribution in [0, 0.1) is 5.82 Å². The summed E-state index contributed by atoms with van der Waals surface area (Å²) in [5.41, 5.74) is 2.21. The van der Waals surface area contributed by atoms with Gasteiger partial charge in [-0.3, -0.25) is 0 Å². The molecule has 1 N–H and O–H groups in total. The lowest BCUT2D eigenvalue weighted by Crippen LogP contribution is -2.18. The highest BCUT2D eigenvalue weighted by Gasteiger charge is 2.26. The van der Waals surface area contributed by atoms with Crippen molar-refractivity contribution in [2.24, 2.45) is 0 Å². The van der Waals surface area contributed by atoms with E-state index >= 15 is 0 Å². The van der Waals surface area contributed by atoms with Gasteiger partial charge in [0.1, 0.15) is 5.82 Å². The van der Waals surface area contributed by atoms with Gasteiger partial charge in [0, 0.05) is 10.9 Å². The number of fused-ring (bicyclic) bond motifs is 1. The standard InChI is InChI=1S/C14H13ClFNS2/c1-8-6-13(10-4-5-18-14(10)19-8)17-9-2-3-12(16)11(15)7-9/h2-5,7-8,13,17H,6H2,1H3/t8-,13?/m0/s1. The van der Waals surface area contributed by atoms with Gasteiger partial charge in [0.05, 0.1) is 15.3 Å². The van der Waals surface area contributed by atoms with Crippen molar-refractivity contribution in [1.29, 1.82) is 0 Å². The minimum Gasteiger partial charge on any atom is -0.378 e. The summed E-state index contributed by atoms with van der Waals surface area (Å²) >= 11 is 9.54. The normalized spacial score (nSPS) is 22.1. The minimum absolute atomic E-state index is 0.161. The molecule has 0 bridgehead atoms. The van der Waals surface area contributed by atoms with Gasteiger partial charge < -0.3 is 5.32 Å². The maximum absolute atomic E-state index is 13.2. The third-order valence-corrected chi connectivity index (χ3v) is 5.80. The van der Waals surface area contributed by atoms with Gasteiger partial charge in [-0.15, -0.1) is 23.1 Å². The van der Waals surface area contributed by atoms with Crippen LogP contribution in [0.3, 0.4) is 0 Å². The van der Waals surface area contributed by atoms with Crippen LogP contribution in [0.2, 0.25) is 5.02 Å². The maximum atomic E-state index is 13.2. The molecule has 19 heavy (non-hydrogen) atoms. The van der Waals surface area contributed by atoms with Gasteiger partial charge in [0.25, 0.3) is 0 Å². The molecule has 1 unspecified atom stereocenters. The van der Waals surface area contributed by atoms with Crippen LogP contribution < -0.4 is 5.32 Å². The van der Waals surface area contributed by atoms with Crippen LogP contribution in [-0.2, 0) is 0 Å². The maximum Gasteiger partial charge on any atom is 0.141 e. The van der Waals surface area contributed by atoms with Crippen molar-refractivity contribution in [2.45, 2.75) is 28.8 Å². The number of thiophene rings is 1. The highest BCUT2D eigenvalue weighted by atomic mass is 35.5. The Morgan fingerprint density at radius 3 is 3.00 bits per heavy atom. The summed E-state index contributed by atoms with van der Waals surface area (Å²) in [6.07, 6.45) is 1.06. The first-order valence-corrected chi connectivity index (χ1v) is 8.23. The zero-order chi connectivity index (χ0) is 13.4. The molecule has 0 spiro atoms. The second-order valence-corrected chi connectivity index (χ2v) is 7.68. The van der Waals surface area contributed by atoms with E-state index in [1.807, 2.05) is 11.8 Å². The van der Waals surface area contributed by atoms with Gasteiger partial charge in [0.15, 0.2) is 0 Å². The second kappa shape index (κ2) is 5.35. The number of halogens is 2. The Morgan fingerprint density at radius 2 is 2.21 bits per heavy atom. The van der Waals surface area contributed by atoms with Crippen LogP contribution in [0.1, 0.15) is 24.9 Å². The first-order chi connectivity index (χ1) is 9.13. The van der Waals surface area contributed by atoms with Gasteiger partial charge in [-0.1, -0.05) is 18.5 Å². The third-order valence-electron chi connectivity index (χ3n) is 3.17. The predicted octanol–water partition coefficient (Wildman–Crippen LogP) is 5.58. The van der Waals surface area contributed by atoms with E-state index in [0.717, 1.165) is 12.1 Å². The zero-order valence-electron chi connectivity index (χ0n) is 10.3. The van der Waals surface area contributed by atoms with E-state index in [2.05, 4.69) is 23.7 Å². The Hall–Kier alpha value is -0.710. The number of hydrogen-bond donors (Lipinski definition) is 1. The molecule has 0 saturated carbocycles. The molecule has 1 aromatic heterocycles. The molecule has 0 saturated heterocycles. The second-order valence-electron chi connectivity index (χ2n) is 4.65. The van der Waals surface area contributed by atoms with E-state index in [-0.39, 0.29) is 16.9 Å². The Bertz CT molecular complexity index is 599. The van der Waals surface area contributed by atoms with E-state index in [1.165, 1.54) is 15.8 Å². The van der Waals surface area contributed by atoms with Crippen molar-refractivity contribution >= 4 is 40.4 Å². The van der Waals surface area contributed by atoms with Crippen LogP contribution in [0.25, 0.3) is 0 Å². The average molecular weight is 314 g/mol. The molecule has 0 amide bonds. The Balaban J connectivity index is 1.86. The largest absolute Gasteiger partial charge is 0.378 e. The van der Waals surface area contributed by atoms with Gasteiger partial charge in [0.2, 0.25) is 0 Å². The van der Waals surface area contributed by atoms with Crippen molar-refractivity contribution in [3.63, 3.8) is 0 Å². The molecular weight excluding hydrogens is 301 g/mol. The number of benzene rings is 1. The molecule has 0 fully saturated rings. The quantitative estimate of drug-likeness (QED) is 0.777. The van der Waals surface area contributed by atoms with Gasteiger partial charge in [-0.25, -0.2) is 4.39 Å². The molecule has 1 aromatic carbocycles. The van der Waals surface area contributed by atoms with E-state index in [0.29, 0.717) is 5.25 Å². The SMILES string of the molecule is C[C@H]1CC(Nc2ccc(F)c(Cl)c2)c2ccsc2S1. The topological polar surface area (TPSA) is 12.0 Å². The summed E-state index contributed by atoms with van der Waals surface area (Å²) < 4.78 is 14.5. The summed E-state index contributed by atoms with van der Waals surface area (Å²) in [6, 6.07) is 7.23. The molecule has 1 nitrogen and oxygen atoms in total. The van der Waals surface area contributed by atoms with E-state index < -0.39 is 0 Å². The molecule has 0 aliphatic carbocycles. The Kier molecular flexibility index (Phi) is 3.74. The molecule has 3 rings (SSSR count). The number of anilines is 1. The fourth-order valence-corrected chi connectivity index (χ4v) is 5.02. The average Bonchev–Trinajstić information content (AvgIpc) is 2.82. The van der Waals surface area contributed by atoms with Crippen LogP contribution in [0.4, 0.5) is 10.1 Å². The number of hydrogen-bond acceptors (Lipinski definition) is 3. The van der Waals surface area contributed by atoms with Crippen molar-refractivity contribution < 1.29 is 4.39 Å². The summed E-state index contributed by atoms with van der Waals surface area (Å²) in [7, 11) is 0.